The Morgan fingerprint density at radius 1 is 1.86 bits per heavy atom. The minimum absolute atomic E-state index is 0.258. The van der Waals surface area contributed by atoms with Crippen molar-refractivity contribution in [1.82, 2.24) is 0 Å². The third-order valence-corrected chi connectivity index (χ3v) is 3.68. The molecule has 0 aliphatic carbocycles. The molecular formula is C3H8OPS2+. The lowest BCUT2D eigenvalue weighted by atomic mass is 10.9. The Bertz CT molecular complexity index is 66.0. The van der Waals surface area contributed by atoms with Crippen molar-refractivity contribution in [3.63, 3.8) is 0 Å². The van der Waals surface area contributed by atoms with E-state index in [1.165, 1.54) is 0 Å². The van der Waals surface area contributed by atoms with Gasteiger partial charge in [0.25, 0.3) is 0 Å². The Morgan fingerprint density at radius 3 is 2.57 bits per heavy atom. The molecule has 4 heteroatoms. The van der Waals surface area contributed by atoms with E-state index < -0.39 is 0 Å². The van der Waals surface area contributed by atoms with Crippen molar-refractivity contribution in [2.75, 3.05) is 19.0 Å². The molecule has 0 saturated carbocycles. The first kappa shape index (κ1) is 7.83. The molecule has 1 unspecified atom stereocenters. The fourth-order valence-electron chi connectivity index (χ4n) is 0.169. The lowest BCUT2D eigenvalue weighted by molar-refractivity contribution is 0.323. The lowest BCUT2D eigenvalue weighted by Crippen LogP contribution is -1.80. The van der Waals surface area contributed by atoms with E-state index in [1.54, 1.807) is 11.4 Å². The predicted octanol–water partition coefficient (Wildman–Crippen LogP) is 1.20. The van der Waals surface area contributed by atoms with Crippen molar-refractivity contribution in [2.24, 2.45) is 0 Å². The first-order chi connectivity index (χ1) is 3.27. The molecule has 0 saturated heterocycles. The monoisotopic (exact) mass is 155 g/mol. The molecule has 0 aliphatic heterocycles. The summed E-state index contributed by atoms with van der Waals surface area (Å²) in [5, 5.41) is 8.26. The summed E-state index contributed by atoms with van der Waals surface area (Å²) in [6.45, 7) is 2.26. The molecule has 0 bridgehead atoms. The Labute approximate surface area is 53.7 Å². The molecule has 42 valence electrons. The van der Waals surface area contributed by atoms with Crippen LogP contribution in [0.2, 0.25) is 0 Å². The van der Waals surface area contributed by atoms with Crippen LogP contribution in [0.4, 0.5) is 0 Å². The van der Waals surface area contributed by atoms with Gasteiger partial charge in [-0.1, -0.05) is 0 Å². The van der Waals surface area contributed by atoms with E-state index in [0.717, 1.165) is 5.75 Å². The van der Waals surface area contributed by atoms with E-state index in [4.69, 9.17) is 16.9 Å². The second-order valence-electron chi connectivity index (χ2n) is 0.997. The van der Waals surface area contributed by atoms with Crippen molar-refractivity contribution >= 4 is 29.1 Å². The third kappa shape index (κ3) is 6.83. The highest BCUT2D eigenvalue weighted by Crippen LogP contribution is 2.32. The highest BCUT2D eigenvalue weighted by atomic mass is 32.9. The maximum atomic E-state index is 8.26. The van der Waals surface area contributed by atoms with Gasteiger partial charge < -0.3 is 5.11 Å². The third-order valence-electron chi connectivity index (χ3n) is 0.364. The van der Waals surface area contributed by atoms with Gasteiger partial charge in [0.05, 0.1) is 23.7 Å². The van der Waals surface area contributed by atoms with Gasteiger partial charge in [-0.25, -0.2) is 0 Å². The molecule has 7 heavy (non-hydrogen) atoms. The van der Waals surface area contributed by atoms with Crippen LogP contribution in [-0.4, -0.2) is 24.1 Å². The fourth-order valence-corrected chi connectivity index (χ4v) is 2.20. The van der Waals surface area contributed by atoms with Crippen LogP contribution < -0.4 is 0 Å². The zero-order valence-corrected chi connectivity index (χ0v) is 6.65. The summed E-state index contributed by atoms with van der Waals surface area (Å²) in [5.74, 6) is 0.531. The minimum Gasteiger partial charge on any atom is -0.395 e. The smallest absolute Gasteiger partial charge is 0.242 e. The summed E-state index contributed by atoms with van der Waals surface area (Å²) in [5.41, 5.74) is 0. The van der Waals surface area contributed by atoms with Crippen LogP contribution in [0.15, 0.2) is 0 Å². The van der Waals surface area contributed by atoms with Gasteiger partial charge >= 0.3 is 0 Å². The van der Waals surface area contributed by atoms with Crippen LogP contribution in [0.25, 0.3) is 0 Å². The van der Waals surface area contributed by atoms with Gasteiger partial charge in [0.2, 0.25) is 5.90 Å². The first-order valence-corrected chi connectivity index (χ1v) is 6.31. The number of hydrogen-bond acceptors (Lipinski definition) is 3. The number of aliphatic hydroxyl groups excluding tert-OH is 1. The van der Waals surface area contributed by atoms with Gasteiger partial charge in [-0.3, -0.25) is 0 Å². The van der Waals surface area contributed by atoms with Crippen LogP contribution >= 0.6 is 17.3 Å². The molecule has 0 radical (unpaired) electrons. The molecule has 0 spiro atoms. The molecule has 1 N–H and O–H groups in total. The van der Waals surface area contributed by atoms with E-state index in [9.17, 15) is 0 Å². The van der Waals surface area contributed by atoms with Gasteiger partial charge in [-0.2, -0.15) is 0 Å². The van der Waals surface area contributed by atoms with Crippen LogP contribution in [-0.2, 0) is 11.8 Å². The second kappa shape index (κ2) is 4.98. The summed E-state index contributed by atoms with van der Waals surface area (Å²) in [4.78, 5) is 0. The van der Waals surface area contributed by atoms with E-state index in [2.05, 4.69) is 0 Å². The van der Waals surface area contributed by atoms with Crippen LogP contribution in [0.3, 0.4) is 0 Å². The fraction of sp³-hybridized carbons (Fsp3) is 1.00. The van der Waals surface area contributed by atoms with Gasteiger partial charge in [0, 0.05) is 0 Å². The zero-order valence-electron chi connectivity index (χ0n) is 4.13. The zero-order chi connectivity index (χ0) is 5.70. The molecule has 0 aromatic carbocycles. The van der Waals surface area contributed by atoms with E-state index in [1.807, 2.05) is 6.66 Å². The van der Waals surface area contributed by atoms with Gasteiger partial charge in [0.15, 0.2) is 11.8 Å². The van der Waals surface area contributed by atoms with Crippen molar-refractivity contribution in [3.8, 4) is 0 Å². The summed E-state index contributed by atoms with van der Waals surface area (Å²) < 4.78 is 0. The topological polar surface area (TPSA) is 20.2 Å². The van der Waals surface area contributed by atoms with Gasteiger partial charge in [-0.15, -0.1) is 0 Å². The standard InChI is InChI=1S/C3H8OPS2/c1-5(6)7-3-2-4/h4H,2-3H2,1H3/q+1. The molecule has 0 heterocycles. The van der Waals surface area contributed by atoms with Crippen molar-refractivity contribution in [2.45, 2.75) is 0 Å². The Kier molecular flexibility index (Phi) is 5.57. The normalized spacial score (nSPS) is 11.4. The highest BCUT2D eigenvalue weighted by Gasteiger charge is 1.98. The molecule has 0 aromatic rings. The molecule has 1 nitrogen and oxygen atoms in total. The van der Waals surface area contributed by atoms with Crippen LogP contribution in [0, 0.1) is 0 Å². The molecule has 0 amide bonds. The molecule has 0 aromatic heterocycles. The summed E-state index contributed by atoms with van der Waals surface area (Å²) in [6.07, 6.45) is 0. The predicted molar refractivity (Wildman–Crippen MR) is 39.8 cm³/mol. The number of rotatable bonds is 3. The Hall–Kier alpha value is 0.830. The number of aliphatic hydroxyl groups is 1. The molecule has 1 atom stereocenters. The molecule has 0 aliphatic rings. The maximum absolute atomic E-state index is 8.26. The summed E-state index contributed by atoms with van der Waals surface area (Å²) in [7, 11) is 0. The van der Waals surface area contributed by atoms with Crippen LogP contribution in [0.1, 0.15) is 0 Å². The average molecular weight is 155 g/mol. The van der Waals surface area contributed by atoms with Crippen molar-refractivity contribution < 1.29 is 5.11 Å². The number of hydrogen-bond donors (Lipinski definition) is 1. The molecule has 0 fully saturated rings. The SMILES string of the molecule is C[P+](=S)SCCO. The summed E-state index contributed by atoms with van der Waals surface area (Å²) >= 11 is 6.52. The Balaban J connectivity index is 2.82. The van der Waals surface area contributed by atoms with Gasteiger partial charge in [-0.05, 0) is 0 Å². The maximum Gasteiger partial charge on any atom is 0.242 e. The second-order valence-corrected chi connectivity index (χ2v) is 7.30. The molecular weight excluding hydrogens is 147 g/mol. The average Bonchev–Trinajstić information content (AvgIpc) is 1.61. The quantitative estimate of drug-likeness (QED) is 0.618. The minimum atomic E-state index is -0.266. The summed E-state index contributed by atoms with van der Waals surface area (Å²) in [6, 6.07) is 0. The van der Waals surface area contributed by atoms with E-state index in [-0.39, 0.29) is 12.5 Å². The van der Waals surface area contributed by atoms with Crippen LogP contribution in [0.5, 0.6) is 0 Å². The van der Waals surface area contributed by atoms with E-state index >= 15 is 0 Å². The lowest BCUT2D eigenvalue weighted by Gasteiger charge is -1.78. The first-order valence-electron chi connectivity index (χ1n) is 1.92. The highest BCUT2D eigenvalue weighted by molar-refractivity contribution is 8.64. The Morgan fingerprint density at radius 2 is 2.43 bits per heavy atom. The van der Waals surface area contributed by atoms with Crippen molar-refractivity contribution in [3.05, 3.63) is 0 Å². The van der Waals surface area contributed by atoms with Crippen molar-refractivity contribution in [1.29, 1.82) is 0 Å². The molecule has 0 rings (SSSR count). The largest absolute Gasteiger partial charge is 0.395 e. The van der Waals surface area contributed by atoms with E-state index in [0.29, 0.717) is 0 Å². The van der Waals surface area contributed by atoms with Gasteiger partial charge in [0.1, 0.15) is 6.66 Å².